The lowest BCUT2D eigenvalue weighted by atomic mass is 10.2. The summed E-state index contributed by atoms with van der Waals surface area (Å²) in [5.41, 5.74) is 3.05. The number of para-hydroxylation sites is 1. The minimum absolute atomic E-state index is 0.115. The molecule has 174 valence electrons. The zero-order valence-corrected chi connectivity index (χ0v) is 20.5. The van der Waals surface area contributed by atoms with Gasteiger partial charge in [0.25, 0.3) is 10.0 Å². The number of halogens is 1. The molecular formula is C25H28ClN3O3S. The second kappa shape index (κ2) is 10.7. The molecule has 3 rings (SSSR count). The first-order chi connectivity index (χ1) is 15.7. The summed E-state index contributed by atoms with van der Waals surface area (Å²) in [5, 5.41) is 3.22. The predicted molar refractivity (Wildman–Crippen MR) is 135 cm³/mol. The normalized spacial score (nSPS) is 11.2. The van der Waals surface area contributed by atoms with Gasteiger partial charge in [0.15, 0.2) is 0 Å². The van der Waals surface area contributed by atoms with Crippen LogP contribution in [-0.2, 0) is 14.8 Å². The van der Waals surface area contributed by atoms with Crippen molar-refractivity contribution in [3.8, 4) is 0 Å². The fourth-order valence-electron chi connectivity index (χ4n) is 3.35. The molecule has 0 aliphatic heterocycles. The molecule has 0 radical (unpaired) electrons. The Kier molecular flexibility index (Phi) is 8.00. The SMILES string of the molecule is Cc1ccc(S(=O)(=O)N(CC(=O)NCCN(C)c2ccccc2)c2cc(Cl)ccc2C)cc1. The summed E-state index contributed by atoms with van der Waals surface area (Å²) in [6.07, 6.45) is 0. The van der Waals surface area contributed by atoms with Crippen molar-refractivity contribution in [1.82, 2.24) is 5.32 Å². The Morgan fingerprint density at radius 2 is 1.64 bits per heavy atom. The Balaban J connectivity index is 1.79. The van der Waals surface area contributed by atoms with Crippen LogP contribution in [0.15, 0.2) is 77.7 Å². The maximum Gasteiger partial charge on any atom is 0.264 e. The number of nitrogens with one attached hydrogen (secondary N) is 1. The minimum Gasteiger partial charge on any atom is -0.373 e. The summed E-state index contributed by atoms with van der Waals surface area (Å²) in [4.78, 5) is 14.9. The molecule has 3 aromatic carbocycles. The molecule has 3 aromatic rings. The van der Waals surface area contributed by atoms with Crippen molar-refractivity contribution < 1.29 is 13.2 Å². The summed E-state index contributed by atoms with van der Waals surface area (Å²) in [5.74, 6) is -0.397. The van der Waals surface area contributed by atoms with Crippen LogP contribution in [0.3, 0.4) is 0 Å². The fraction of sp³-hybridized carbons (Fsp3) is 0.240. The van der Waals surface area contributed by atoms with Crippen LogP contribution >= 0.6 is 11.6 Å². The van der Waals surface area contributed by atoms with Crippen molar-refractivity contribution in [3.05, 3.63) is 88.9 Å². The molecule has 0 fully saturated rings. The summed E-state index contributed by atoms with van der Waals surface area (Å²) >= 11 is 6.16. The Hall–Kier alpha value is -3.03. The van der Waals surface area contributed by atoms with Gasteiger partial charge in [-0.3, -0.25) is 9.10 Å². The molecule has 0 bridgehead atoms. The second-order valence-electron chi connectivity index (χ2n) is 7.86. The van der Waals surface area contributed by atoms with Gasteiger partial charge in [-0.15, -0.1) is 0 Å². The highest BCUT2D eigenvalue weighted by Gasteiger charge is 2.28. The predicted octanol–water partition coefficient (Wildman–Crippen LogP) is 4.40. The number of hydrogen-bond donors (Lipinski definition) is 1. The number of sulfonamides is 1. The lowest BCUT2D eigenvalue weighted by Gasteiger charge is -2.26. The van der Waals surface area contributed by atoms with Gasteiger partial charge < -0.3 is 10.2 Å². The summed E-state index contributed by atoms with van der Waals surface area (Å²) in [6, 6.07) is 21.4. The zero-order valence-electron chi connectivity index (χ0n) is 19.0. The average molecular weight is 486 g/mol. The number of anilines is 2. The van der Waals surface area contributed by atoms with Gasteiger partial charge in [0.2, 0.25) is 5.91 Å². The monoisotopic (exact) mass is 485 g/mol. The molecule has 1 N–H and O–H groups in total. The molecule has 8 heteroatoms. The van der Waals surface area contributed by atoms with Crippen molar-refractivity contribution in [2.24, 2.45) is 0 Å². The first-order valence-corrected chi connectivity index (χ1v) is 12.4. The van der Waals surface area contributed by atoms with Gasteiger partial charge in [0.1, 0.15) is 6.54 Å². The number of amides is 1. The Morgan fingerprint density at radius 3 is 2.30 bits per heavy atom. The Morgan fingerprint density at radius 1 is 0.970 bits per heavy atom. The van der Waals surface area contributed by atoms with Crippen molar-refractivity contribution >= 4 is 38.9 Å². The fourth-order valence-corrected chi connectivity index (χ4v) is 4.99. The highest BCUT2D eigenvalue weighted by atomic mass is 35.5. The third kappa shape index (κ3) is 6.27. The van der Waals surface area contributed by atoms with Gasteiger partial charge in [-0.05, 0) is 55.8 Å². The van der Waals surface area contributed by atoms with E-state index in [-0.39, 0.29) is 11.4 Å². The first-order valence-electron chi connectivity index (χ1n) is 10.6. The summed E-state index contributed by atoms with van der Waals surface area (Å²) in [6.45, 7) is 4.27. The summed E-state index contributed by atoms with van der Waals surface area (Å²) < 4.78 is 28.1. The van der Waals surface area contributed by atoms with Crippen LogP contribution in [0.5, 0.6) is 0 Å². The molecule has 0 heterocycles. The van der Waals surface area contributed by atoms with Crippen LogP contribution in [0.4, 0.5) is 11.4 Å². The lowest BCUT2D eigenvalue weighted by molar-refractivity contribution is -0.119. The molecule has 0 saturated heterocycles. The van der Waals surface area contributed by atoms with Crippen LogP contribution < -0.4 is 14.5 Å². The number of aryl methyl sites for hydroxylation is 2. The van der Waals surface area contributed by atoms with E-state index in [1.54, 1.807) is 49.4 Å². The van der Waals surface area contributed by atoms with Gasteiger partial charge in [0.05, 0.1) is 10.6 Å². The van der Waals surface area contributed by atoms with Gasteiger partial charge in [0, 0.05) is 30.8 Å². The maximum absolute atomic E-state index is 13.5. The van der Waals surface area contributed by atoms with Crippen LogP contribution in [0.2, 0.25) is 5.02 Å². The van der Waals surface area contributed by atoms with E-state index in [1.165, 1.54) is 0 Å². The smallest absolute Gasteiger partial charge is 0.264 e. The number of benzene rings is 3. The maximum atomic E-state index is 13.5. The number of carbonyl (C=O) groups excluding carboxylic acids is 1. The van der Waals surface area contributed by atoms with E-state index in [2.05, 4.69) is 5.32 Å². The van der Waals surface area contributed by atoms with Crippen LogP contribution in [-0.4, -0.2) is 41.0 Å². The van der Waals surface area contributed by atoms with Gasteiger partial charge in [-0.2, -0.15) is 0 Å². The quantitative estimate of drug-likeness (QED) is 0.487. The molecule has 0 saturated carbocycles. The minimum atomic E-state index is -3.99. The van der Waals surface area contributed by atoms with E-state index in [0.29, 0.717) is 29.4 Å². The highest BCUT2D eigenvalue weighted by Crippen LogP contribution is 2.29. The Labute approximate surface area is 200 Å². The zero-order chi connectivity index (χ0) is 24.0. The van der Waals surface area contributed by atoms with Crippen molar-refractivity contribution in [2.45, 2.75) is 18.7 Å². The largest absolute Gasteiger partial charge is 0.373 e. The van der Waals surface area contributed by atoms with Crippen LogP contribution in [0.1, 0.15) is 11.1 Å². The molecule has 0 aliphatic rings. The Bertz CT molecular complexity index is 1200. The van der Waals surface area contributed by atoms with Gasteiger partial charge in [-0.25, -0.2) is 8.42 Å². The topological polar surface area (TPSA) is 69.7 Å². The molecule has 0 unspecified atom stereocenters. The molecule has 0 aliphatic carbocycles. The molecule has 0 aromatic heterocycles. The van der Waals surface area contributed by atoms with Crippen molar-refractivity contribution in [3.63, 3.8) is 0 Å². The first kappa shape index (κ1) is 24.6. The van der Waals surface area contributed by atoms with Crippen molar-refractivity contribution in [1.29, 1.82) is 0 Å². The molecule has 1 amide bonds. The van der Waals surface area contributed by atoms with Crippen LogP contribution in [0.25, 0.3) is 0 Å². The molecule has 6 nitrogen and oxygen atoms in total. The van der Waals surface area contributed by atoms with E-state index >= 15 is 0 Å². The number of carbonyl (C=O) groups is 1. The van der Waals surface area contributed by atoms with Crippen LogP contribution in [0, 0.1) is 13.8 Å². The number of hydrogen-bond acceptors (Lipinski definition) is 4. The molecule has 33 heavy (non-hydrogen) atoms. The van der Waals surface area contributed by atoms with E-state index in [1.807, 2.05) is 49.2 Å². The molecular weight excluding hydrogens is 458 g/mol. The van der Waals surface area contributed by atoms with Gasteiger partial charge in [-0.1, -0.05) is 53.6 Å². The van der Waals surface area contributed by atoms with Crippen molar-refractivity contribution in [2.75, 3.05) is 35.9 Å². The second-order valence-corrected chi connectivity index (χ2v) is 10.2. The van der Waals surface area contributed by atoms with E-state index in [4.69, 9.17) is 11.6 Å². The number of rotatable bonds is 9. The lowest BCUT2D eigenvalue weighted by Crippen LogP contribution is -2.43. The van der Waals surface area contributed by atoms with Gasteiger partial charge >= 0.3 is 0 Å². The number of nitrogens with zero attached hydrogens (tertiary/aromatic N) is 2. The average Bonchev–Trinajstić information content (AvgIpc) is 2.80. The van der Waals surface area contributed by atoms with E-state index in [0.717, 1.165) is 15.6 Å². The molecule has 0 atom stereocenters. The molecule has 0 spiro atoms. The van der Waals surface area contributed by atoms with E-state index < -0.39 is 15.9 Å². The summed E-state index contributed by atoms with van der Waals surface area (Å²) in [7, 11) is -2.05. The highest BCUT2D eigenvalue weighted by molar-refractivity contribution is 7.92. The third-order valence-electron chi connectivity index (χ3n) is 5.30. The number of likely N-dealkylation sites (N-methyl/N-ethyl adjacent to an activating group) is 1. The third-order valence-corrected chi connectivity index (χ3v) is 7.31. The standard InChI is InChI=1S/C25H28ClN3O3S/c1-19-9-13-23(14-10-19)33(31,32)29(24-17-21(26)12-11-20(24)2)18-25(30)27-15-16-28(3)22-7-5-4-6-8-22/h4-14,17H,15-16,18H2,1-3H3,(H,27,30). The van der Waals surface area contributed by atoms with E-state index in [9.17, 15) is 13.2 Å².